The normalized spacial score (nSPS) is 10.3. The Balaban J connectivity index is 1.98. The van der Waals surface area contributed by atoms with Crippen LogP contribution >= 0.6 is 0 Å². The third-order valence-corrected chi connectivity index (χ3v) is 3.61. The Morgan fingerprint density at radius 3 is 2.43 bits per heavy atom. The first-order chi connectivity index (χ1) is 11.0. The fourth-order valence-electron chi connectivity index (χ4n) is 2.26. The van der Waals surface area contributed by atoms with Gasteiger partial charge in [-0.2, -0.15) is 0 Å². The number of hydrogen-bond acceptors (Lipinski definition) is 4. The molecule has 0 aromatic heterocycles. The first-order valence-corrected chi connectivity index (χ1v) is 7.60. The molecule has 0 amide bonds. The number of carbonyl (C=O) groups excluding carboxylic acids is 2. The fraction of sp³-hybridized carbons (Fsp3) is 0.263. The first kappa shape index (κ1) is 16.7. The molecular formula is C19H20O4. The van der Waals surface area contributed by atoms with E-state index in [9.17, 15) is 14.7 Å². The molecule has 0 atom stereocenters. The van der Waals surface area contributed by atoms with Gasteiger partial charge < -0.3 is 9.84 Å². The van der Waals surface area contributed by atoms with Gasteiger partial charge in [-0.25, -0.2) is 4.79 Å². The number of hydrogen-bond donors (Lipinski definition) is 1. The van der Waals surface area contributed by atoms with Crippen LogP contribution in [0, 0.1) is 6.92 Å². The van der Waals surface area contributed by atoms with Crippen LogP contribution in [0.25, 0.3) is 0 Å². The third kappa shape index (κ3) is 4.19. The number of Topliss-reactive ketones (excluding diaryl/α,β-unsaturated/α-hetero) is 1. The molecule has 2 rings (SSSR count). The molecule has 120 valence electrons. The quantitative estimate of drug-likeness (QED) is 0.652. The van der Waals surface area contributed by atoms with Gasteiger partial charge in [-0.05, 0) is 30.5 Å². The van der Waals surface area contributed by atoms with Crippen LogP contribution in [0.5, 0.6) is 5.75 Å². The molecule has 0 bridgehead atoms. The van der Waals surface area contributed by atoms with Crippen LogP contribution in [0.4, 0.5) is 0 Å². The standard InChI is InChI=1S/C19H20O4/c1-3-5-14-8-10-15(11-9-14)17(20)12-23-19(22)16-7-4-6-13(2)18(16)21/h4,6-11,21H,3,5,12H2,1-2H3. The molecule has 0 spiro atoms. The number of aryl methyl sites for hydroxylation is 2. The van der Waals surface area contributed by atoms with E-state index in [-0.39, 0.29) is 23.7 Å². The molecule has 4 nitrogen and oxygen atoms in total. The number of phenolic OH excluding ortho intramolecular Hbond substituents is 1. The Kier molecular flexibility index (Phi) is 5.52. The lowest BCUT2D eigenvalue weighted by molar-refractivity contribution is 0.0471. The summed E-state index contributed by atoms with van der Waals surface area (Å²) in [6.07, 6.45) is 2.01. The fourth-order valence-corrected chi connectivity index (χ4v) is 2.26. The van der Waals surface area contributed by atoms with E-state index < -0.39 is 5.97 Å². The summed E-state index contributed by atoms with van der Waals surface area (Å²) in [6, 6.07) is 12.1. The zero-order valence-corrected chi connectivity index (χ0v) is 13.3. The molecule has 0 aliphatic heterocycles. The van der Waals surface area contributed by atoms with Gasteiger partial charge in [0.2, 0.25) is 0 Å². The second-order valence-corrected chi connectivity index (χ2v) is 5.42. The van der Waals surface area contributed by atoms with Crippen molar-refractivity contribution in [1.29, 1.82) is 0 Å². The molecule has 4 heteroatoms. The van der Waals surface area contributed by atoms with Gasteiger partial charge in [0.15, 0.2) is 12.4 Å². The van der Waals surface area contributed by atoms with Gasteiger partial charge in [-0.15, -0.1) is 0 Å². The molecule has 0 saturated heterocycles. The number of phenols is 1. The predicted molar refractivity (Wildman–Crippen MR) is 87.9 cm³/mol. The van der Waals surface area contributed by atoms with Gasteiger partial charge in [0.05, 0.1) is 0 Å². The number of ether oxygens (including phenoxy) is 1. The zero-order valence-electron chi connectivity index (χ0n) is 13.3. The maximum absolute atomic E-state index is 12.1. The zero-order chi connectivity index (χ0) is 16.8. The van der Waals surface area contributed by atoms with Crippen molar-refractivity contribution < 1.29 is 19.4 Å². The minimum atomic E-state index is -0.706. The largest absolute Gasteiger partial charge is 0.507 e. The van der Waals surface area contributed by atoms with E-state index in [0.717, 1.165) is 12.8 Å². The van der Waals surface area contributed by atoms with Crippen LogP contribution < -0.4 is 0 Å². The second kappa shape index (κ2) is 7.58. The Hall–Kier alpha value is -2.62. The summed E-state index contributed by atoms with van der Waals surface area (Å²) in [5.41, 5.74) is 2.32. The van der Waals surface area contributed by atoms with Crippen LogP contribution in [-0.2, 0) is 11.2 Å². The summed E-state index contributed by atoms with van der Waals surface area (Å²) in [6.45, 7) is 3.44. The van der Waals surface area contributed by atoms with Crippen molar-refractivity contribution in [1.82, 2.24) is 0 Å². The van der Waals surface area contributed by atoms with Crippen molar-refractivity contribution in [3.05, 3.63) is 64.7 Å². The van der Waals surface area contributed by atoms with E-state index in [1.165, 1.54) is 11.6 Å². The van der Waals surface area contributed by atoms with Gasteiger partial charge in [0, 0.05) is 5.56 Å². The molecule has 23 heavy (non-hydrogen) atoms. The lowest BCUT2D eigenvalue weighted by Crippen LogP contribution is -2.14. The van der Waals surface area contributed by atoms with Gasteiger partial charge in [-0.3, -0.25) is 4.79 Å². The summed E-state index contributed by atoms with van der Waals surface area (Å²) in [7, 11) is 0. The number of esters is 1. The van der Waals surface area contributed by atoms with Crippen LogP contribution in [0.15, 0.2) is 42.5 Å². The second-order valence-electron chi connectivity index (χ2n) is 5.42. The summed E-state index contributed by atoms with van der Waals surface area (Å²) < 4.78 is 5.01. The highest BCUT2D eigenvalue weighted by atomic mass is 16.5. The Morgan fingerprint density at radius 1 is 1.09 bits per heavy atom. The lowest BCUT2D eigenvalue weighted by atomic mass is 10.1. The highest BCUT2D eigenvalue weighted by molar-refractivity contribution is 6.00. The van der Waals surface area contributed by atoms with Crippen LogP contribution in [0.2, 0.25) is 0 Å². The Labute approximate surface area is 135 Å². The third-order valence-electron chi connectivity index (χ3n) is 3.61. The molecular weight excluding hydrogens is 292 g/mol. The van der Waals surface area contributed by atoms with Gasteiger partial charge in [-0.1, -0.05) is 49.7 Å². The van der Waals surface area contributed by atoms with Crippen LogP contribution in [0.3, 0.4) is 0 Å². The van der Waals surface area contributed by atoms with E-state index in [4.69, 9.17) is 4.74 Å². The average molecular weight is 312 g/mol. The number of para-hydroxylation sites is 1. The summed E-state index contributed by atoms with van der Waals surface area (Å²) >= 11 is 0. The highest BCUT2D eigenvalue weighted by Gasteiger charge is 2.16. The number of carbonyl (C=O) groups is 2. The van der Waals surface area contributed by atoms with E-state index in [0.29, 0.717) is 11.1 Å². The molecule has 0 heterocycles. The SMILES string of the molecule is CCCc1ccc(C(=O)COC(=O)c2cccc(C)c2O)cc1. The van der Waals surface area contributed by atoms with Crippen molar-refractivity contribution >= 4 is 11.8 Å². The number of aromatic hydroxyl groups is 1. The predicted octanol–water partition coefficient (Wildman–Crippen LogP) is 3.69. The van der Waals surface area contributed by atoms with Crippen molar-refractivity contribution in [2.75, 3.05) is 6.61 Å². The van der Waals surface area contributed by atoms with E-state index in [1.807, 2.05) is 12.1 Å². The Morgan fingerprint density at radius 2 is 1.78 bits per heavy atom. The lowest BCUT2D eigenvalue weighted by Gasteiger charge is -2.08. The molecule has 0 radical (unpaired) electrons. The first-order valence-electron chi connectivity index (χ1n) is 7.60. The van der Waals surface area contributed by atoms with Crippen molar-refractivity contribution in [3.8, 4) is 5.75 Å². The number of rotatable bonds is 6. The Bertz CT molecular complexity index is 702. The number of benzene rings is 2. The molecule has 2 aromatic carbocycles. The number of ketones is 1. The maximum atomic E-state index is 12.1. The molecule has 0 aliphatic carbocycles. The smallest absolute Gasteiger partial charge is 0.342 e. The molecule has 0 saturated carbocycles. The minimum Gasteiger partial charge on any atom is -0.507 e. The molecule has 0 fully saturated rings. The van der Waals surface area contributed by atoms with E-state index >= 15 is 0 Å². The van der Waals surface area contributed by atoms with Crippen LogP contribution in [-0.4, -0.2) is 23.5 Å². The minimum absolute atomic E-state index is 0.0658. The van der Waals surface area contributed by atoms with Gasteiger partial charge in [0.1, 0.15) is 11.3 Å². The summed E-state index contributed by atoms with van der Waals surface area (Å²) in [5, 5.41) is 9.85. The van der Waals surface area contributed by atoms with E-state index in [1.54, 1.807) is 31.2 Å². The average Bonchev–Trinajstić information content (AvgIpc) is 2.56. The molecule has 1 N–H and O–H groups in total. The maximum Gasteiger partial charge on any atom is 0.342 e. The summed E-state index contributed by atoms with van der Waals surface area (Å²) in [5.74, 6) is -1.09. The van der Waals surface area contributed by atoms with Crippen molar-refractivity contribution in [3.63, 3.8) is 0 Å². The van der Waals surface area contributed by atoms with Gasteiger partial charge in [0.25, 0.3) is 0 Å². The molecule has 0 aliphatic rings. The van der Waals surface area contributed by atoms with E-state index in [2.05, 4.69) is 6.92 Å². The van der Waals surface area contributed by atoms with Crippen molar-refractivity contribution in [2.45, 2.75) is 26.7 Å². The van der Waals surface area contributed by atoms with Crippen LogP contribution in [0.1, 0.15) is 45.2 Å². The van der Waals surface area contributed by atoms with Gasteiger partial charge >= 0.3 is 5.97 Å². The molecule has 0 unspecified atom stereocenters. The monoisotopic (exact) mass is 312 g/mol. The highest BCUT2D eigenvalue weighted by Crippen LogP contribution is 2.22. The van der Waals surface area contributed by atoms with Crippen molar-refractivity contribution in [2.24, 2.45) is 0 Å². The molecule has 2 aromatic rings. The summed E-state index contributed by atoms with van der Waals surface area (Å²) in [4.78, 5) is 24.0. The topological polar surface area (TPSA) is 63.6 Å².